The highest BCUT2D eigenvalue weighted by Crippen LogP contribution is 2.38. The molecule has 3 heterocycles. The number of alkyl halides is 6. The zero-order valence-electron chi connectivity index (χ0n) is 20.8. The quantitative estimate of drug-likeness (QED) is 0.180. The van der Waals surface area contributed by atoms with Gasteiger partial charge in [-0.3, -0.25) is 14.8 Å². The zero-order chi connectivity index (χ0) is 30.2. The van der Waals surface area contributed by atoms with Crippen LogP contribution in [0, 0.1) is 0 Å². The van der Waals surface area contributed by atoms with E-state index in [9.17, 15) is 36.2 Å². The van der Waals surface area contributed by atoms with Crippen LogP contribution < -0.4 is 0 Å². The highest BCUT2D eigenvalue weighted by Gasteiger charge is 2.37. The van der Waals surface area contributed by atoms with Crippen LogP contribution in [0.5, 0.6) is 0 Å². The van der Waals surface area contributed by atoms with Gasteiger partial charge in [0.25, 0.3) is 0 Å². The Kier molecular flexibility index (Phi) is 7.55. The monoisotopic (exact) mass is 608 g/mol. The average molecular weight is 609 g/mol. The van der Waals surface area contributed by atoms with Gasteiger partial charge in [0.15, 0.2) is 11.5 Å². The number of aromatic nitrogens is 6. The Balaban J connectivity index is 1.66. The summed E-state index contributed by atoms with van der Waals surface area (Å²) in [6.07, 6.45) is -6.38. The molecule has 0 atom stereocenters. The largest absolute Gasteiger partial charge is 0.416 e. The summed E-state index contributed by atoms with van der Waals surface area (Å²) in [5, 5.41) is 21.5. The standard InChI is InChI=1S/C26H15ClF6N6O3/c27-17-4-2-1-3-16(17)24-20(19(12-40)37-42-24)23(41)21-22(18-10-34-5-6-35-18)39(38-36-21)11-13-7-14(25(28,29)30)9-15(8-13)26(31,32)33/h1-10,40H,11-12H2. The second kappa shape index (κ2) is 11.0. The van der Waals surface area contributed by atoms with Gasteiger partial charge in [0, 0.05) is 18.0 Å². The number of nitrogens with zero attached hydrogens (tertiary/aromatic N) is 6. The lowest BCUT2D eigenvalue weighted by molar-refractivity contribution is -0.143. The highest BCUT2D eigenvalue weighted by molar-refractivity contribution is 6.33. The molecule has 0 radical (unpaired) electrons. The normalized spacial score (nSPS) is 12.1. The molecule has 0 unspecified atom stereocenters. The summed E-state index contributed by atoms with van der Waals surface area (Å²) in [5.74, 6) is -0.996. The lowest BCUT2D eigenvalue weighted by Gasteiger charge is -2.15. The number of aliphatic hydroxyl groups excluding tert-OH is 1. The van der Waals surface area contributed by atoms with Gasteiger partial charge < -0.3 is 9.63 Å². The summed E-state index contributed by atoms with van der Waals surface area (Å²) >= 11 is 6.27. The van der Waals surface area contributed by atoms with Crippen LogP contribution >= 0.6 is 11.6 Å². The number of hydrogen-bond donors (Lipinski definition) is 1. The van der Waals surface area contributed by atoms with E-state index in [1.54, 1.807) is 12.1 Å². The van der Waals surface area contributed by atoms with E-state index >= 15 is 0 Å². The number of aliphatic hydroxyl groups is 1. The molecule has 16 heteroatoms. The summed E-state index contributed by atoms with van der Waals surface area (Å²) in [7, 11) is 0. The summed E-state index contributed by atoms with van der Waals surface area (Å²) in [6.45, 7) is -1.39. The molecular weight excluding hydrogens is 594 g/mol. The number of benzene rings is 2. The zero-order valence-corrected chi connectivity index (χ0v) is 21.5. The second-order valence-corrected chi connectivity index (χ2v) is 9.16. The van der Waals surface area contributed by atoms with Crippen LogP contribution in [0.1, 0.15) is 38.4 Å². The first kappa shape index (κ1) is 28.9. The van der Waals surface area contributed by atoms with Crippen molar-refractivity contribution in [2.75, 3.05) is 0 Å². The molecule has 0 amide bonds. The molecule has 5 rings (SSSR count). The van der Waals surface area contributed by atoms with Gasteiger partial charge in [-0.1, -0.05) is 34.1 Å². The molecule has 0 saturated heterocycles. The Morgan fingerprint density at radius 1 is 1.00 bits per heavy atom. The SMILES string of the molecule is O=C(c1nnn(Cc2cc(C(F)(F)F)cc(C(F)(F)F)c2)c1-c1cnccn1)c1c(CO)noc1-c1ccccc1Cl. The van der Waals surface area contributed by atoms with Crippen LogP contribution in [-0.2, 0) is 25.5 Å². The van der Waals surface area contributed by atoms with E-state index in [2.05, 4.69) is 25.4 Å². The number of rotatable bonds is 7. The van der Waals surface area contributed by atoms with Gasteiger partial charge in [-0.2, -0.15) is 26.3 Å². The number of halogens is 7. The molecule has 3 aromatic heterocycles. The van der Waals surface area contributed by atoms with Crippen molar-refractivity contribution in [1.29, 1.82) is 0 Å². The molecular formula is C26H15ClF6N6O3. The van der Waals surface area contributed by atoms with Crippen LogP contribution in [0.25, 0.3) is 22.7 Å². The maximum atomic E-state index is 13.9. The number of carbonyl (C=O) groups is 1. The Bertz CT molecular complexity index is 1740. The molecule has 9 nitrogen and oxygen atoms in total. The Morgan fingerprint density at radius 2 is 1.69 bits per heavy atom. The third kappa shape index (κ3) is 5.60. The van der Waals surface area contributed by atoms with Crippen molar-refractivity contribution in [2.45, 2.75) is 25.5 Å². The van der Waals surface area contributed by atoms with E-state index in [1.807, 2.05) is 0 Å². The fourth-order valence-corrected chi connectivity index (χ4v) is 4.37. The number of ketones is 1. The van der Waals surface area contributed by atoms with E-state index in [0.29, 0.717) is 12.1 Å². The number of carbonyl (C=O) groups excluding carboxylic acids is 1. The van der Waals surface area contributed by atoms with Gasteiger partial charge >= 0.3 is 12.4 Å². The van der Waals surface area contributed by atoms with Gasteiger partial charge in [-0.05, 0) is 35.9 Å². The van der Waals surface area contributed by atoms with Crippen LogP contribution in [0.2, 0.25) is 5.02 Å². The Morgan fingerprint density at radius 3 is 2.29 bits per heavy atom. The molecule has 2 aromatic carbocycles. The molecule has 42 heavy (non-hydrogen) atoms. The van der Waals surface area contributed by atoms with E-state index in [1.165, 1.54) is 30.7 Å². The minimum absolute atomic E-state index is 0.00192. The molecule has 0 aliphatic carbocycles. The smallest absolute Gasteiger partial charge is 0.390 e. The van der Waals surface area contributed by atoms with Crippen molar-refractivity contribution < 1.29 is 40.8 Å². The minimum atomic E-state index is -5.07. The highest BCUT2D eigenvalue weighted by atomic mass is 35.5. The predicted molar refractivity (Wildman–Crippen MR) is 133 cm³/mol. The minimum Gasteiger partial charge on any atom is -0.390 e. The molecule has 1 N–H and O–H groups in total. The van der Waals surface area contributed by atoms with E-state index in [4.69, 9.17) is 16.1 Å². The van der Waals surface area contributed by atoms with Gasteiger partial charge in [0.2, 0.25) is 5.78 Å². The van der Waals surface area contributed by atoms with E-state index < -0.39 is 53.7 Å². The van der Waals surface area contributed by atoms with Crippen molar-refractivity contribution in [3.8, 4) is 22.7 Å². The molecule has 0 aliphatic rings. The van der Waals surface area contributed by atoms with Crippen LogP contribution in [0.15, 0.2) is 65.6 Å². The third-order valence-corrected chi connectivity index (χ3v) is 6.32. The lowest BCUT2D eigenvalue weighted by atomic mass is 9.99. The summed E-state index contributed by atoms with van der Waals surface area (Å²) in [5.41, 5.74) is -4.23. The summed E-state index contributed by atoms with van der Waals surface area (Å²) in [4.78, 5) is 21.9. The van der Waals surface area contributed by atoms with Crippen molar-refractivity contribution in [3.63, 3.8) is 0 Å². The van der Waals surface area contributed by atoms with Gasteiger partial charge in [0.05, 0.1) is 41.1 Å². The molecule has 0 fully saturated rings. The van der Waals surface area contributed by atoms with Crippen molar-refractivity contribution in [2.24, 2.45) is 0 Å². The summed E-state index contributed by atoms with van der Waals surface area (Å²) < 4.78 is 87.0. The second-order valence-electron chi connectivity index (χ2n) is 8.75. The van der Waals surface area contributed by atoms with Gasteiger partial charge in [-0.25, -0.2) is 4.68 Å². The maximum absolute atomic E-state index is 13.9. The molecule has 5 aromatic rings. The fourth-order valence-electron chi connectivity index (χ4n) is 4.15. The molecule has 0 bridgehead atoms. The van der Waals surface area contributed by atoms with Gasteiger partial charge in [-0.15, -0.1) is 5.10 Å². The summed E-state index contributed by atoms with van der Waals surface area (Å²) in [6, 6.07) is 7.39. The lowest BCUT2D eigenvalue weighted by Crippen LogP contribution is -2.14. The Hall–Kier alpha value is -4.63. The topological polar surface area (TPSA) is 120 Å². The Labute approximate surface area is 236 Å². The third-order valence-electron chi connectivity index (χ3n) is 5.99. The molecule has 0 saturated carbocycles. The first-order valence-corrected chi connectivity index (χ1v) is 12.1. The van der Waals surface area contributed by atoms with Crippen LogP contribution in [0.3, 0.4) is 0 Å². The average Bonchev–Trinajstić information content (AvgIpc) is 3.57. The van der Waals surface area contributed by atoms with E-state index in [-0.39, 0.29) is 45.1 Å². The van der Waals surface area contributed by atoms with Crippen molar-refractivity contribution in [1.82, 2.24) is 30.1 Å². The number of hydrogen-bond acceptors (Lipinski definition) is 8. The first-order valence-electron chi connectivity index (χ1n) is 11.8. The van der Waals surface area contributed by atoms with Gasteiger partial charge in [0.1, 0.15) is 17.1 Å². The first-order chi connectivity index (χ1) is 19.9. The fraction of sp³-hybridized carbons (Fsp3) is 0.154. The van der Waals surface area contributed by atoms with Crippen molar-refractivity contribution >= 4 is 17.4 Å². The molecule has 0 spiro atoms. The molecule has 216 valence electrons. The van der Waals surface area contributed by atoms with Crippen LogP contribution in [-0.4, -0.2) is 41.0 Å². The maximum Gasteiger partial charge on any atom is 0.416 e. The van der Waals surface area contributed by atoms with E-state index in [0.717, 1.165) is 4.68 Å². The van der Waals surface area contributed by atoms with Crippen LogP contribution in [0.4, 0.5) is 26.3 Å². The predicted octanol–water partition coefficient (Wildman–Crippen LogP) is 5.85. The molecule has 0 aliphatic heterocycles. The van der Waals surface area contributed by atoms with Crippen molar-refractivity contribution in [3.05, 3.63) is 99.7 Å².